The number of rotatable bonds is 5. The molecule has 1 aromatic rings. The summed E-state index contributed by atoms with van der Waals surface area (Å²) >= 11 is 0. The number of hydrogen-bond acceptors (Lipinski definition) is 3. The van der Waals surface area contributed by atoms with Crippen molar-refractivity contribution >= 4 is 17.4 Å². The molecule has 1 atom stereocenters. The minimum Gasteiger partial charge on any atom is -0.326 e. The summed E-state index contributed by atoms with van der Waals surface area (Å²) in [5, 5.41) is 6.31. The first-order valence-corrected chi connectivity index (χ1v) is 7.29. The summed E-state index contributed by atoms with van der Waals surface area (Å²) < 4.78 is 0. The number of carbonyl (C=O) groups is 2. The Labute approximate surface area is 119 Å². The van der Waals surface area contributed by atoms with Crippen LogP contribution in [0.15, 0.2) is 24.3 Å². The SMILES string of the molecule is CC(=O)c1ccc(NC(=O)CCC2CCCCN2)cc1. The molecular weight excluding hydrogens is 252 g/mol. The lowest BCUT2D eigenvalue weighted by Gasteiger charge is -2.23. The van der Waals surface area contributed by atoms with Crippen LogP contribution in [0.4, 0.5) is 5.69 Å². The predicted octanol–water partition coefficient (Wildman–Crippen LogP) is 2.75. The number of hydrogen-bond donors (Lipinski definition) is 2. The quantitative estimate of drug-likeness (QED) is 0.812. The molecule has 1 amide bonds. The average Bonchev–Trinajstić information content (AvgIpc) is 2.47. The summed E-state index contributed by atoms with van der Waals surface area (Å²) in [7, 11) is 0. The van der Waals surface area contributed by atoms with Gasteiger partial charge in [-0.15, -0.1) is 0 Å². The number of benzene rings is 1. The fraction of sp³-hybridized carbons (Fsp3) is 0.500. The highest BCUT2D eigenvalue weighted by Gasteiger charge is 2.14. The third-order valence-corrected chi connectivity index (χ3v) is 3.71. The predicted molar refractivity (Wildman–Crippen MR) is 80.0 cm³/mol. The van der Waals surface area contributed by atoms with Gasteiger partial charge in [0.2, 0.25) is 5.91 Å². The van der Waals surface area contributed by atoms with Gasteiger partial charge in [-0.1, -0.05) is 6.42 Å². The van der Waals surface area contributed by atoms with E-state index in [9.17, 15) is 9.59 Å². The maximum Gasteiger partial charge on any atom is 0.224 e. The van der Waals surface area contributed by atoms with E-state index in [2.05, 4.69) is 10.6 Å². The fourth-order valence-corrected chi connectivity index (χ4v) is 2.49. The molecule has 0 radical (unpaired) electrons. The Hall–Kier alpha value is -1.68. The molecule has 0 bridgehead atoms. The standard InChI is InChI=1S/C16H22N2O2/c1-12(19)13-5-7-15(8-6-13)18-16(20)10-9-14-4-2-3-11-17-14/h5-8,14,17H,2-4,9-11H2,1H3,(H,18,20). The van der Waals surface area contributed by atoms with Gasteiger partial charge in [0, 0.05) is 23.7 Å². The Balaban J connectivity index is 1.77. The van der Waals surface area contributed by atoms with E-state index in [4.69, 9.17) is 0 Å². The Bertz CT molecular complexity index is 462. The van der Waals surface area contributed by atoms with Gasteiger partial charge in [0.15, 0.2) is 5.78 Å². The zero-order valence-electron chi connectivity index (χ0n) is 11.9. The van der Waals surface area contributed by atoms with Gasteiger partial charge in [0.25, 0.3) is 0 Å². The van der Waals surface area contributed by atoms with Crippen LogP contribution in [0.25, 0.3) is 0 Å². The van der Waals surface area contributed by atoms with Gasteiger partial charge in [-0.05, 0) is 57.0 Å². The molecule has 1 aliphatic rings. The maximum atomic E-state index is 11.9. The van der Waals surface area contributed by atoms with Gasteiger partial charge in [-0.3, -0.25) is 9.59 Å². The maximum absolute atomic E-state index is 11.9. The second-order valence-electron chi connectivity index (χ2n) is 5.37. The molecule has 1 saturated heterocycles. The number of piperidine rings is 1. The molecule has 108 valence electrons. The number of ketones is 1. The molecule has 1 heterocycles. The van der Waals surface area contributed by atoms with Crippen molar-refractivity contribution in [3.8, 4) is 0 Å². The van der Waals surface area contributed by atoms with E-state index in [1.165, 1.54) is 26.2 Å². The Morgan fingerprint density at radius 1 is 1.25 bits per heavy atom. The van der Waals surface area contributed by atoms with Crippen LogP contribution in [0.2, 0.25) is 0 Å². The molecule has 1 aromatic carbocycles. The van der Waals surface area contributed by atoms with Gasteiger partial charge < -0.3 is 10.6 Å². The van der Waals surface area contributed by atoms with Crippen molar-refractivity contribution < 1.29 is 9.59 Å². The normalized spacial score (nSPS) is 18.6. The van der Waals surface area contributed by atoms with Gasteiger partial charge in [-0.2, -0.15) is 0 Å². The van der Waals surface area contributed by atoms with Crippen LogP contribution >= 0.6 is 0 Å². The Morgan fingerprint density at radius 2 is 2.00 bits per heavy atom. The van der Waals surface area contributed by atoms with E-state index >= 15 is 0 Å². The van der Waals surface area contributed by atoms with Crippen molar-refractivity contribution in [1.29, 1.82) is 0 Å². The lowest BCUT2D eigenvalue weighted by atomic mass is 10.0. The minimum absolute atomic E-state index is 0.0336. The minimum atomic E-state index is 0.0336. The van der Waals surface area contributed by atoms with Crippen molar-refractivity contribution in [1.82, 2.24) is 5.32 Å². The van der Waals surface area contributed by atoms with Crippen molar-refractivity contribution in [3.05, 3.63) is 29.8 Å². The third-order valence-electron chi connectivity index (χ3n) is 3.71. The van der Waals surface area contributed by atoms with Crippen LogP contribution in [0.5, 0.6) is 0 Å². The summed E-state index contributed by atoms with van der Waals surface area (Å²) in [6.07, 6.45) is 5.08. The second-order valence-corrected chi connectivity index (χ2v) is 5.37. The molecule has 1 unspecified atom stereocenters. The van der Waals surface area contributed by atoms with E-state index in [1.54, 1.807) is 24.3 Å². The summed E-state index contributed by atoms with van der Waals surface area (Å²) in [5.74, 6) is 0.0687. The first-order chi connectivity index (χ1) is 9.65. The second kappa shape index (κ2) is 7.20. The number of amides is 1. The average molecular weight is 274 g/mol. The lowest BCUT2D eigenvalue weighted by molar-refractivity contribution is -0.116. The van der Waals surface area contributed by atoms with Crippen LogP contribution in [-0.4, -0.2) is 24.3 Å². The van der Waals surface area contributed by atoms with Crippen LogP contribution in [-0.2, 0) is 4.79 Å². The monoisotopic (exact) mass is 274 g/mol. The number of carbonyl (C=O) groups excluding carboxylic acids is 2. The fourth-order valence-electron chi connectivity index (χ4n) is 2.49. The molecule has 20 heavy (non-hydrogen) atoms. The van der Waals surface area contributed by atoms with E-state index in [-0.39, 0.29) is 11.7 Å². The van der Waals surface area contributed by atoms with E-state index < -0.39 is 0 Å². The molecule has 0 aromatic heterocycles. The highest BCUT2D eigenvalue weighted by Crippen LogP contribution is 2.14. The van der Waals surface area contributed by atoms with E-state index in [0.29, 0.717) is 18.0 Å². The van der Waals surface area contributed by atoms with Gasteiger partial charge >= 0.3 is 0 Å². The van der Waals surface area contributed by atoms with Crippen molar-refractivity contribution in [2.24, 2.45) is 0 Å². The zero-order chi connectivity index (χ0) is 14.4. The first kappa shape index (κ1) is 14.7. The van der Waals surface area contributed by atoms with Crippen molar-refractivity contribution in [2.75, 3.05) is 11.9 Å². The smallest absolute Gasteiger partial charge is 0.224 e. The molecule has 2 N–H and O–H groups in total. The van der Waals surface area contributed by atoms with Gasteiger partial charge in [-0.25, -0.2) is 0 Å². The number of anilines is 1. The number of Topliss-reactive ketones (excluding diaryl/α,β-unsaturated/α-hetero) is 1. The molecule has 4 heteroatoms. The summed E-state index contributed by atoms with van der Waals surface area (Å²) in [5.41, 5.74) is 1.41. The summed E-state index contributed by atoms with van der Waals surface area (Å²) in [4.78, 5) is 23.0. The molecule has 0 aliphatic carbocycles. The first-order valence-electron chi connectivity index (χ1n) is 7.29. The molecule has 0 spiro atoms. The van der Waals surface area contributed by atoms with Crippen LogP contribution in [0, 0.1) is 0 Å². The van der Waals surface area contributed by atoms with Crippen LogP contribution in [0.3, 0.4) is 0 Å². The van der Waals surface area contributed by atoms with Crippen molar-refractivity contribution in [3.63, 3.8) is 0 Å². The lowest BCUT2D eigenvalue weighted by Crippen LogP contribution is -2.34. The van der Waals surface area contributed by atoms with Gasteiger partial charge in [0.1, 0.15) is 0 Å². The molecule has 0 saturated carbocycles. The highest BCUT2D eigenvalue weighted by atomic mass is 16.1. The van der Waals surface area contributed by atoms with Crippen molar-refractivity contribution in [2.45, 2.75) is 45.1 Å². The largest absolute Gasteiger partial charge is 0.326 e. The summed E-state index contributed by atoms with van der Waals surface area (Å²) in [6, 6.07) is 7.50. The number of nitrogens with one attached hydrogen (secondary N) is 2. The molecule has 1 aliphatic heterocycles. The third kappa shape index (κ3) is 4.46. The molecule has 2 rings (SSSR count). The van der Waals surface area contributed by atoms with E-state index in [0.717, 1.165) is 18.7 Å². The highest BCUT2D eigenvalue weighted by molar-refractivity contribution is 5.95. The molecule has 1 fully saturated rings. The topological polar surface area (TPSA) is 58.2 Å². The van der Waals surface area contributed by atoms with Crippen LogP contribution in [0.1, 0.15) is 49.4 Å². The zero-order valence-corrected chi connectivity index (χ0v) is 11.9. The summed E-state index contributed by atoms with van der Waals surface area (Å²) in [6.45, 7) is 2.60. The van der Waals surface area contributed by atoms with Crippen LogP contribution < -0.4 is 10.6 Å². The Kier molecular flexibility index (Phi) is 5.30. The molecule has 4 nitrogen and oxygen atoms in total. The Morgan fingerprint density at radius 3 is 2.60 bits per heavy atom. The van der Waals surface area contributed by atoms with E-state index in [1.807, 2.05) is 0 Å². The molecular formula is C16H22N2O2. The van der Waals surface area contributed by atoms with Gasteiger partial charge in [0.05, 0.1) is 0 Å².